The first-order chi connectivity index (χ1) is 20.7. The van der Waals surface area contributed by atoms with Crippen molar-refractivity contribution >= 4 is 34.6 Å². The lowest BCUT2D eigenvalue weighted by Crippen LogP contribution is -2.44. The van der Waals surface area contributed by atoms with Crippen molar-refractivity contribution < 1.29 is 19.1 Å². The van der Waals surface area contributed by atoms with Crippen LogP contribution in [0.25, 0.3) is 11.0 Å². The molecule has 236 valence electrons. The highest BCUT2D eigenvalue weighted by molar-refractivity contribution is 6.00. The van der Waals surface area contributed by atoms with Crippen molar-refractivity contribution in [3.05, 3.63) is 64.1 Å². The van der Waals surface area contributed by atoms with E-state index in [1.807, 2.05) is 50.2 Å². The molecule has 0 bridgehead atoms. The molecule has 0 aliphatic carbocycles. The zero-order valence-corrected chi connectivity index (χ0v) is 26.7. The minimum atomic E-state index is -0.687. The lowest BCUT2D eigenvalue weighted by Gasteiger charge is -2.32. The number of aromatic nitrogens is 2. The van der Waals surface area contributed by atoms with E-state index in [0.29, 0.717) is 18.0 Å². The second kappa shape index (κ2) is 12.2. The summed E-state index contributed by atoms with van der Waals surface area (Å²) in [4.78, 5) is 52.5. The highest BCUT2D eigenvalue weighted by atomic mass is 16.6. The third-order valence-corrected chi connectivity index (χ3v) is 8.61. The van der Waals surface area contributed by atoms with E-state index in [2.05, 4.69) is 42.4 Å². The summed E-state index contributed by atoms with van der Waals surface area (Å²) in [7, 11) is 1.76. The maximum atomic E-state index is 13.3. The van der Waals surface area contributed by atoms with Crippen molar-refractivity contribution in [2.45, 2.75) is 90.8 Å². The number of likely N-dealkylation sites (tertiary alicyclic amines) is 1. The number of nitrogens with one attached hydrogen (secondary N) is 2. The first-order valence-corrected chi connectivity index (χ1v) is 15.6. The van der Waals surface area contributed by atoms with Gasteiger partial charge in [-0.05, 0) is 93.3 Å². The number of carbonyl (C=O) groups excluding carboxylic acids is 3. The Kier molecular flexibility index (Phi) is 8.75. The predicted octanol–water partition coefficient (Wildman–Crippen LogP) is 5.46. The van der Waals surface area contributed by atoms with Gasteiger partial charge in [-0.3, -0.25) is 34.3 Å². The van der Waals surface area contributed by atoms with Crippen LogP contribution in [0.15, 0.2) is 47.3 Å². The van der Waals surface area contributed by atoms with Crippen molar-refractivity contribution in [1.82, 2.24) is 19.4 Å². The largest absolute Gasteiger partial charge is 0.443 e. The molecule has 0 saturated carbocycles. The first kappa shape index (κ1) is 31.5. The number of piperidine rings is 2. The highest BCUT2D eigenvalue weighted by Crippen LogP contribution is 2.35. The summed E-state index contributed by atoms with van der Waals surface area (Å²) >= 11 is 0. The molecule has 1 aromatic heterocycles. The Morgan fingerprint density at radius 1 is 0.977 bits per heavy atom. The Bertz CT molecular complexity index is 1600. The van der Waals surface area contributed by atoms with Crippen LogP contribution in [0.5, 0.6) is 0 Å². The maximum absolute atomic E-state index is 13.3. The van der Waals surface area contributed by atoms with E-state index in [0.717, 1.165) is 55.5 Å². The Hall–Kier alpha value is -3.92. The van der Waals surface area contributed by atoms with Gasteiger partial charge in [-0.15, -0.1) is 0 Å². The van der Waals surface area contributed by atoms with Crippen LogP contribution in [0, 0.1) is 5.41 Å². The molecule has 10 heteroatoms. The number of aryl methyl sites for hydroxylation is 1. The van der Waals surface area contributed by atoms with E-state index in [-0.39, 0.29) is 23.4 Å². The number of fused-ring (bicyclic) bond motifs is 1. The predicted molar refractivity (Wildman–Crippen MR) is 171 cm³/mol. The number of nitrogens with zero attached hydrogens (tertiary/aromatic N) is 3. The Balaban J connectivity index is 1.20. The van der Waals surface area contributed by atoms with Gasteiger partial charge in [0.15, 0.2) is 0 Å². The molecule has 0 spiro atoms. The Labute approximate surface area is 258 Å². The summed E-state index contributed by atoms with van der Waals surface area (Å²) < 4.78 is 8.90. The smallest absolute Gasteiger partial charge is 0.412 e. The van der Waals surface area contributed by atoms with Gasteiger partial charge in [-0.1, -0.05) is 45.0 Å². The lowest BCUT2D eigenvalue weighted by atomic mass is 9.84. The zero-order valence-electron chi connectivity index (χ0n) is 26.7. The van der Waals surface area contributed by atoms with Crippen LogP contribution in [-0.4, -0.2) is 50.6 Å². The second-order valence-corrected chi connectivity index (χ2v) is 14.2. The molecule has 1 unspecified atom stereocenters. The van der Waals surface area contributed by atoms with Gasteiger partial charge >= 0.3 is 11.8 Å². The third-order valence-electron chi connectivity index (χ3n) is 8.61. The van der Waals surface area contributed by atoms with Crippen LogP contribution < -0.4 is 16.3 Å². The summed E-state index contributed by atoms with van der Waals surface area (Å²) in [5.41, 5.74) is 3.85. The number of carbonyl (C=O) groups is 3. The van der Waals surface area contributed by atoms with Crippen LogP contribution in [0.3, 0.4) is 0 Å². The maximum Gasteiger partial charge on any atom is 0.412 e. The van der Waals surface area contributed by atoms with Crippen molar-refractivity contribution in [3.8, 4) is 0 Å². The van der Waals surface area contributed by atoms with Gasteiger partial charge in [0.1, 0.15) is 11.6 Å². The average Bonchev–Trinajstić information content (AvgIpc) is 3.18. The van der Waals surface area contributed by atoms with Crippen LogP contribution in [0.1, 0.15) is 89.8 Å². The van der Waals surface area contributed by atoms with Crippen molar-refractivity contribution in [1.29, 1.82) is 0 Å². The van der Waals surface area contributed by atoms with E-state index in [4.69, 9.17) is 4.74 Å². The molecule has 5 rings (SSSR count). The molecule has 2 aliphatic rings. The molecule has 3 aromatic rings. The van der Waals surface area contributed by atoms with Crippen molar-refractivity contribution in [3.63, 3.8) is 0 Å². The minimum Gasteiger partial charge on any atom is -0.443 e. The van der Waals surface area contributed by atoms with Crippen molar-refractivity contribution in [2.24, 2.45) is 12.5 Å². The van der Waals surface area contributed by atoms with E-state index >= 15 is 0 Å². The molecule has 2 aliphatic heterocycles. The Morgan fingerprint density at radius 3 is 2.30 bits per heavy atom. The number of benzene rings is 2. The fraction of sp³-hybridized carbons (Fsp3) is 0.529. The van der Waals surface area contributed by atoms with Gasteiger partial charge in [0.2, 0.25) is 11.8 Å². The van der Waals surface area contributed by atoms with E-state index in [1.54, 1.807) is 16.2 Å². The molecule has 0 radical (unpaired) electrons. The molecule has 3 heterocycles. The SMILES string of the molecule is Cn1c(=O)n(C2CCC(=O)NC2=O)c2cccc(C3CCN(Cc4ccc(NC(=O)OC(C)(C)CC(C)(C)C)cc4)CC3)c21. The molecule has 2 saturated heterocycles. The summed E-state index contributed by atoms with van der Waals surface area (Å²) in [5.74, 6) is -0.424. The van der Waals surface area contributed by atoms with Gasteiger partial charge in [0, 0.05) is 25.7 Å². The van der Waals surface area contributed by atoms with Crippen LogP contribution in [-0.2, 0) is 27.9 Å². The number of hydrogen-bond donors (Lipinski definition) is 2. The summed E-state index contributed by atoms with van der Waals surface area (Å²) in [5, 5.41) is 5.23. The van der Waals surface area contributed by atoms with E-state index in [9.17, 15) is 19.2 Å². The molecule has 2 N–H and O–H groups in total. The van der Waals surface area contributed by atoms with Crippen molar-refractivity contribution in [2.75, 3.05) is 18.4 Å². The fourth-order valence-corrected chi connectivity index (χ4v) is 7.09. The number of imidazole rings is 1. The normalized spacial score (nSPS) is 18.8. The highest BCUT2D eigenvalue weighted by Gasteiger charge is 2.33. The number of imide groups is 1. The number of ether oxygens (including phenoxy) is 1. The molecule has 1 atom stereocenters. The molecule has 44 heavy (non-hydrogen) atoms. The molecule has 10 nitrogen and oxygen atoms in total. The minimum absolute atomic E-state index is 0.0509. The number of hydrogen-bond acceptors (Lipinski definition) is 6. The van der Waals surface area contributed by atoms with Gasteiger partial charge in [0.25, 0.3) is 0 Å². The van der Waals surface area contributed by atoms with Crippen LogP contribution in [0.2, 0.25) is 0 Å². The molecule has 3 amide bonds. The summed E-state index contributed by atoms with van der Waals surface area (Å²) in [6.07, 6.45) is 2.75. The summed E-state index contributed by atoms with van der Waals surface area (Å²) in [6, 6.07) is 13.2. The van der Waals surface area contributed by atoms with Gasteiger partial charge in [-0.2, -0.15) is 0 Å². The lowest BCUT2D eigenvalue weighted by molar-refractivity contribution is -0.135. The fourth-order valence-electron chi connectivity index (χ4n) is 7.09. The number of para-hydroxylation sites is 1. The second-order valence-electron chi connectivity index (χ2n) is 14.2. The van der Waals surface area contributed by atoms with E-state index in [1.165, 1.54) is 5.56 Å². The topological polar surface area (TPSA) is 115 Å². The number of amides is 3. The van der Waals surface area contributed by atoms with E-state index < -0.39 is 23.6 Å². The molecular weight excluding hydrogens is 558 g/mol. The van der Waals surface area contributed by atoms with Crippen LogP contribution >= 0.6 is 0 Å². The zero-order chi connectivity index (χ0) is 31.8. The number of rotatable bonds is 7. The standard InChI is InChI=1S/C34H45N5O5/c1-33(2,3)21-34(4,5)44-31(42)35-24-12-10-22(11-13-24)20-38-18-16-23(17-19-38)25-8-7-9-26-29(25)37(6)32(43)39(26)27-14-15-28(40)36-30(27)41/h7-13,23,27H,14-21H2,1-6H3,(H,35,42)(H,36,40,41). The van der Waals surface area contributed by atoms with Crippen LogP contribution in [0.4, 0.5) is 10.5 Å². The Morgan fingerprint density at radius 2 is 1.66 bits per heavy atom. The molecule has 2 fully saturated rings. The third kappa shape index (κ3) is 7.07. The number of anilines is 1. The first-order valence-electron chi connectivity index (χ1n) is 15.6. The molecule has 2 aromatic carbocycles. The average molecular weight is 604 g/mol. The quantitative estimate of drug-likeness (QED) is 0.347. The van der Waals surface area contributed by atoms with Gasteiger partial charge < -0.3 is 4.74 Å². The monoisotopic (exact) mass is 603 g/mol. The molecular formula is C34H45N5O5. The van der Waals surface area contributed by atoms with Gasteiger partial charge in [0.05, 0.1) is 11.0 Å². The van der Waals surface area contributed by atoms with Gasteiger partial charge in [-0.25, -0.2) is 9.59 Å². The summed E-state index contributed by atoms with van der Waals surface area (Å²) in [6.45, 7) is 12.9.